The zero-order valence-electron chi connectivity index (χ0n) is 13.4. The lowest BCUT2D eigenvalue weighted by molar-refractivity contribution is -0.128. The predicted octanol–water partition coefficient (Wildman–Crippen LogP) is 2.85. The summed E-state index contributed by atoms with van der Waals surface area (Å²) >= 11 is 1.60. The number of aryl methyl sites for hydroxylation is 2. The molecule has 1 atom stereocenters. The van der Waals surface area contributed by atoms with E-state index in [1.54, 1.807) is 16.2 Å². The van der Waals surface area contributed by atoms with Crippen molar-refractivity contribution < 1.29 is 9.59 Å². The maximum Gasteiger partial charge on any atom is 0.327 e. The Morgan fingerprint density at radius 3 is 2.79 bits per heavy atom. The Kier molecular flexibility index (Phi) is 4.06. The molecule has 2 aliphatic heterocycles. The van der Waals surface area contributed by atoms with Crippen LogP contribution in [0.4, 0.5) is 4.79 Å². The molecular weight excluding hydrogens is 322 g/mol. The quantitative estimate of drug-likeness (QED) is 0.786. The van der Waals surface area contributed by atoms with Crippen molar-refractivity contribution in [2.75, 3.05) is 6.54 Å². The van der Waals surface area contributed by atoms with E-state index in [2.05, 4.69) is 17.1 Å². The van der Waals surface area contributed by atoms with Crippen LogP contribution in [0.2, 0.25) is 0 Å². The minimum absolute atomic E-state index is 0.0589. The molecule has 0 N–H and O–H groups in total. The Balaban J connectivity index is 1.39. The molecule has 2 fully saturated rings. The largest absolute Gasteiger partial charge is 0.327 e. The summed E-state index contributed by atoms with van der Waals surface area (Å²) in [6, 6.07) is 9.95. The van der Waals surface area contributed by atoms with Gasteiger partial charge in [-0.15, -0.1) is 11.3 Å². The maximum atomic E-state index is 12.4. The second-order valence-electron chi connectivity index (χ2n) is 6.28. The van der Waals surface area contributed by atoms with E-state index in [0.717, 1.165) is 36.4 Å². The zero-order valence-corrected chi connectivity index (χ0v) is 14.2. The smallest absolute Gasteiger partial charge is 0.312 e. The van der Waals surface area contributed by atoms with E-state index in [1.807, 2.05) is 23.6 Å². The minimum atomic E-state index is -0.228. The van der Waals surface area contributed by atoms with E-state index < -0.39 is 0 Å². The van der Waals surface area contributed by atoms with Gasteiger partial charge < -0.3 is 4.90 Å². The average Bonchev–Trinajstić information content (AvgIpc) is 3.30. The lowest BCUT2D eigenvalue weighted by Gasteiger charge is -2.14. The van der Waals surface area contributed by atoms with Gasteiger partial charge in [0.05, 0.1) is 17.2 Å². The fourth-order valence-corrected chi connectivity index (χ4v) is 4.21. The van der Waals surface area contributed by atoms with Gasteiger partial charge in [0.2, 0.25) is 0 Å². The number of hydrogen-bond donors (Lipinski definition) is 0. The molecule has 1 aromatic carbocycles. The second-order valence-corrected chi connectivity index (χ2v) is 7.22. The molecule has 6 heteroatoms. The van der Waals surface area contributed by atoms with E-state index in [4.69, 9.17) is 0 Å². The van der Waals surface area contributed by atoms with E-state index >= 15 is 0 Å². The number of hydrogen-bond acceptors (Lipinski definition) is 4. The highest BCUT2D eigenvalue weighted by Gasteiger charge is 2.47. The standard InChI is InChI=1S/C18H19N3O2S/c22-17-15-7-4-10-20(15)18(23)21(17)11-14-12-24-16(19-14)9-8-13-5-2-1-3-6-13/h1-3,5-6,12,15H,4,7-11H2/t15-/m0/s1. The monoisotopic (exact) mass is 341 g/mol. The molecule has 24 heavy (non-hydrogen) atoms. The van der Waals surface area contributed by atoms with Gasteiger partial charge in [-0.3, -0.25) is 9.69 Å². The van der Waals surface area contributed by atoms with Crippen LogP contribution in [0.5, 0.6) is 0 Å². The van der Waals surface area contributed by atoms with Crippen LogP contribution in [0.1, 0.15) is 29.1 Å². The molecule has 5 nitrogen and oxygen atoms in total. The van der Waals surface area contributed by atoms with Crippen molar-refractivity contribution in [1.82, 2.24) is 14.8 Å². The summed E-state index contributed by atoms with van der Waals surface area (Å²) in [6.45, 7) is 0.998. The van der Waals surface area contributed by atoms with Crippen molar-refractivity contribution in [2.45, 2.75) is 38.3 Å². The third-order valence-corrected chi connectivity index (χ3v) is 5.63. The number of aromatic nitrogens is 1. The number of benzene rings is 1. The number of urea groups is 1. The van der Waals surface area contributed by atoms with Gasteiger partial charge in [-0.2, -0.15) is 0 Å². The number of fused-ring (bicyclic) bond motifs is 1. The van der Waals surface area contributed by atoms with E-state index in [0.29, 0.717) is 13.1 Å². The first-order valence-electron chi connectivity index (χ1n) is 8.31. The number of rotatable bonds is 5. The first-order valence-corrected chi connectivity index (χ1v) is 9.19. The molecule has 124 valence electrons. The zero-order chi connectivity index (χ0) is 16.5. The van der Waals surface area contributed by atoms with E-state index in [1.165, 1.54) is 10.5 Å². The third kappa shape index (κ3) is 2.82. The minimum Gasteiger partial charge on any atom is -0.312 e. The van der Waals surface area contributed by atoms with Crippen molar-refractivity contribution >= 4 is 23.3 Å². The number of carbonyl (C=O) groups excluding carboxylic acids is 2. The van der Waals surface area contributed by atoms with Gasteiger partial charge >= 0.3 is 6.03 Å². The van der Waals surface area contributed by atoms with Gasteiger partial charge in [-0.1, -0.05) is 30.3 Å². The van der Waals surface area contributed by atoms with Gasteiger partial charge in [-0.05, 0) is 24.8 Å². The highest BCUT2D eigenvalue weighted by Crippen LogP contribution is 2.28. The summed E-state index contributed by atoms with van der Waals surface area (Å²) in [6.07, 6.45) is 3.55. The Morgan fingerprint density at radius 1 is 1.17 bits per heavy atom. The van der Waals surface area contributed by atoms with Crippen LogP contribution >= 0.6 is 11.3 Å². The SMILES string of the molecule is O=C1[C@@H]2CCCN2C(=O)N1Cc1csc(CCc2ccccc2)n1. The number of nitrogens with zero attached hydrogens (tertiary/aromatic N) is 3. The van der Waals surface area contributed by atoms with Crippen LogP contribution in [-0.4, -0.2) is 39.3 Å². The molecule has 2 aliphatic rings. The molecule has 4 rings (SSSR count). The molecule has 2 saturated heterocycles. The van der Waals surface area contributed by atoms with Crippen LogP contribution in [0, 0.1) is 0 Å². The number of amides is 3. The van der Waals surface area contributed by atoms with Gasteiger partial charge in [0, 0.05) is 18.3 Å². The highest BCUT2D eigenvalue weighted by molar-refractivity contribution is 7.09. The average molecular weight is 341 g/mol. The highest BCUT2D eigenvalue weighted by atomic mass is 32.1. The number of carbonyl (C=O) groups is 2. The maximum absolute atomic E-state index is 12.4. The van der Waals surface area contributed by atoms with Crippen molar-refractivity contribution in [3.8, 4) is 0 Å². The summed E-state index contributed by atoms with van der Waals surface area (Å²) in [5, 5.41) is 3.01. The van der Waals surface area contributed by atoms with Gasteiger partial charge in [-0.25, -0.2) is 9.78 Å². The molecule has 0 radical (unpaired) electrons. The molecule has 0 saturated carbocycles. The van der Waals surface area contributed by atoms with Crippen LogP contribution < -0.4 is 0 Å². The third-order valence-electron chi connectivity index (χ3n) is 4.67. The van der Waals surface area contributed by atoms with Crippen LogP contribution in [-0.2, 0) is 24.2 Å². The molecule has 3 amide bonds. The summed E-state index contributed by atoms with van der Waals surface area (Å²) < 4.78 is 0. The van der Waals surface area contributed by atoms with Gasteiger partial charge in [0.25, 0.3) is 5.91 Å². The molecule has 0 unspecified atom stereocenters. The Hall–Kier alpha value is -2.21. The summed E-state index contributed by atoms with van der Waals surface area (Å²) in [7, 11) is 0. The summed E-state index contributed by atoms with van der Waals surface area (Å²) in [4.78, 5) is 32.4. The first-order chi connectivity index (χ1) is 11.7. The van der Waals surface area contributed by atoms with Crippen molar-refractivity contribution in [3.05, 3.63) is 52.0 Å². The second kappa shape index (κ2) is 6.36. The molecular formula is C18H19N3O2S. The Bertz CT molecular complexity index is 737. The van der Waals surface area contributed by atoms with Crippen molar-refractivity contribution in [2.24, 2.45) is 0 Å². The van der Waals surface area contributed by atoms with Crippen LogP contribution in [0.3, 0.4) is 0 Å². The lowest BCUT2D eigenvalue weighted by Crippen LogP contribution is -2.32. The van der Waals surface area contributed by atoms with Crippen LogP contribution in [0.25, 0.3) is 0 Å². The fraction of sp³-hybridized carbons (Fsp3) is 0.389. The number of imide groups is 1. The molecule has 3 heterocycles. The molecule has 1 aromatic heterocycles. The van der Waals surface area contributed by atoms with Crippen molar-refractivity contribution in [1.29, 1.82) is 0 Å². The Morgan fingerprint density at radius 2 is 2.00 bits per heavy atom. The van der Waals surface area contributed by atoms with Gasteiger partial charge in [0.1, 0.15) is 6.04 Å². The predicted molar refractivity (Wildman–Crippen MR) is 91.6 cm³/mol. The molecule has 2 aromatic rings. The van der Waals surface area contributed by atoms with E-state index in [9.17, 15) is 9.59 Å². The summed E-state index contributed by atoms with van der Waals surface area (Å²) in [5.41, 5.74) is 2.10. The van der Waals surface area contributed by atoms with Gasteiger partial charge in [0.15, 0.2) is 0 Å². The molecule has 0 bridgehead atoms. The normalized spacial score (nSPS) is 20.1. The molecule has 0 spiro atoms. The lowest BCUT2D eigenvalue weighted by atomic mass is 10.1. The topological polar surface area (TPSA) is 53.5 Å². The van der Waals surface area contributed by atoms with Crippen molar-refractivity contribution in [3.63, 3.8) is 0 Å². The first kappa shape index (κ1) is 15.3. The molecule has 0 aliphatic carbocycles. The van der Waals surface area contributed by atoms with E-state index in [-0.39, 0.29) is 18.0 Å². The Labute approximate surface area is 144 Å². The summed E-state index contributed by atoms with van der Waals surface area (Å²) in [5.74, 6) is -0.0589. The number of thiazole rings is 1. The fourth-order valence-electron chi connectivity index (χ4n) is 3.42. The van der Waals surface area contributed by atoms with Crippen LogP contribution in [0.15, 0.2) is 35.7 Å².